The summed E-state index contributed by atoms with van der Waals surface area (Å²) in [6, 6.07) is 17.5. The first-order valence-corrected chi connectivity index (χ1v) is 7.63. The van der Waals surface area contributed by atoms with E-state index < -0.39 is 0 Å². The minimum Gasteiger partial charge on any atom is -0.395 e. The Hall–Kier alpha value is -1.36. The smallest absolute Gasteiger partial charge is 0.109 e. The van der Waals surface area contributed by atoms with Crippen LogP contribution in [0.1, 0.15) is 18.7 Å². The van der Waals surface area contributed by atoms with Crippen LogP contribution in [0.5, 0.6) is 0 Å². The van der Waals surface area contributed by atoms with Crippen molar-refractivity contribution in [3.8, 4) is 11.1 Å². The van der Waals surface area contributed by atoms with E-state index in [2.05, 4.69) is 65.3 Å². The Bertz CT molecular complexity index is 676. The summed E-state index contributed by atoms with van der Waals surface area (Å²) in [6.07, 6.45) is 0.248. The van der Waals surface area contributed by atoms with Crippen molar-refractivity contribution >= 4 is 22.7 Å². The molecule has 2 aromatic carbocycles. The van der Waals surface area contributed by atoms with E-state index in [1.54, 1.807) is 0 Å². The van der Waals surface area contributed by atoms with Crippen LogP contribution in [0.4, 0.5) is 5.69 Å². The number of nitrogens with zero attached hydrogens (tertiary/aromatic N) is 2. The summed E-state index contributed by atoms with van der Waals surface area (Å²) in [7, 11) is 0. The van der Waals surface area contributed by atoms with Gasteiger partial charge in [-0.15, -0.1) is 17.0 Å². The summed E-state index contributed by atoms with van der Waals surface area (Å²) in [5, 5.41) is 9.57. The lowest BCUT2D eigenvalue weighted by Crippen LogP contribution is -2.40. The van der Waals surface area contributed by atoms with E-state index in [1.807, 2.05) is 0 Å². The molecular weight excluding hydrogens is 340 g/mol. The van der Waals surface area contributed by atoms with Gasteiger partial charge in [0.25, 0.3) is 0 Å². The average molecular weight is 361 g/mol. The van der Waals surface area contributed by atoms with E-state index in [-0.39, 0.29) is 35.8 Å². The van der Waals surface area contributed by atoms with Crippen LogP contribution in [-0.2, 0) is 0 Å². The molecule has 2 unspecified atom stereocenters. The molecule has 116 valence electrons. The Balaban J connectivity index is 0.00000144. The molecule has 2 heterocycles. The van der Waals surface area contributed by atoms with Gasteiger partial charge in [-0.3, -0.25) is 4.90 Å². The van der Waals surface area contributed by atoms with Gasteiger partial charge in [-0.25, -0.2) is 0 Å². The Morgan fingerprint density at radius 3 is 2.50 bits per heavy atom. The molecule has 4 heteroatoms. The fraction of sp³-hybridized carbons (Fsp3) is 0.333. The highest BCUT2D eigenvalue weighted by molar-refractivity contribution is 8.93. The second kappa shape index (κ2) is 6.03. The minimum atomic E-state index is 0. The summed E-state index contributed by atoms with van der Waals surface area (Å²) in [5.41, 5.74) is 5.32. The number of halogens is 1. The Morgan fingerprint density at radius 1 is 1.05 bits per heavy atom. The van der Waals surface area contributed by atoms with Gasteiger partial charge in [0.1, 0.15) is 6.17 Å². The van der Waals surface area contributed by atoms with Gasteiger partial charge in [0.05, 0.1) is 6.61 Å². The maximum absolute atomic E-state index is 9.57. The zero-order chi connectivity index (χ0) is 14.4. The van der Waals surface area contributed by atoms with Gasteiger partial charge in [-0.1, -0.05) is 42.5 Å². The molecule has 0 saturated carbocycles. The average Bonchev–Trinajstić information content (AvgIpc) is 3.00. The van der Waals surface area contributed by atoms with Crippen LogP contribution in [0.2, 0.25) is 0 Å². The summed E-state index contributed by atoms with van der Waals surface area (Å²) < 4.78 is 0. The molecule has 1 fully saturated rings. The van der Waals surface area contributed by atoms with Crippen LogP contribution in [0.15, 0.2) is 48.5 Å². The van der Waals surface area contributed by atoms with Crippen molar-refractivity contribution in [1.82, 2.24) is 4.90 Å². The molecule has 1 N–H and O–H groups in total. The molecule has 0 radical (unpaired) electrons. The lowest BCUT2D eigenvalue weighted by Gasteiger charge is -2.40. The van der Waals surface area contributed by atoms with Crippen molar-refractivity contribution in [2.24, 2.45) is 0 Å². The molecule has 0 spiro atoms. The van der Waals surface area contributed by atoms with E-state index in [0.717, 1.165) is 13.1 Å². The number of aliphatic hydroxyl groups is 1. The summed E-state index contributed by atoms with van der Waals surface area (Å²) in [4.78, 5) is 4.89. The zero-order valence-electron chi connectivity index (χ0n) is 12.6. The lowest BCUT2D eigenvalue weighted by atomic mass is 9.91. The molecule has 0 aliphatic carbocycles. The predicted octanol–water partition coefficient (Wildman–Crippen LogP) is 3.45. The van der Waals surface area contributed by atoms with Crippen molar-refractivity contribution in [3.05, 3.63) is 54.1 Å². The topological polar surface area (TPSA) is 26.7 Å². The number of benzene rings is 2. The first-order chi connectivity index (χ1) is 10.3. The molecule has 0 aromatic heterocycles. The van der Waals surface area contributed by atoms with Gasteiger partial charge in [-0.05, 0) is 24.1 Å². The van der Waals surface area contributed by atoms with Crippen LogP contribution in [-0.4, -0.2) is 35.7 Å². The number of hydrogen-bond acceptors (Lipinski definition) is 3. The fourth-order valence-electron chi connectivity index (χ4n) is 3.73. The highest BCUT2D eigenvalue weighted by Crippen LogP contribution is 2.48. The maximum Gasteiger partial charge on any atom is 0.109 e. The van der Waals surface area contributed by atoms with E-state index in [9.17, 15) is 5.11 Å². The third-order valence-corrected chi connectivity index (χ3v) is 4.78. The van der Waals surface area contributed by atoms with Gasteiger partial charge in [0.15, 0.2) is 0 Å². The number of rotatable bonds is 2. The number of para-hydroxylation sites is 1. The van der Waals surface area contributed by atoms with Crippen molar-refractivity contribution < 1.29 is 5.11 Å². The van der Waals surface area contributed by atoms with Crippen LogP contribution >= 0.6 is 17.0 Å². The summed E-state index contributed by atoms with van der Waals surface area (Å²) in [6.45, 7) is 4.32. The van der Waals surface area contributed by atoms with Gasteiger partial charge in [-0.2, -0.15) is 0 Å². The maximum atomic E-state index is 9.57. The fourth-order valence-corrected chi connectivity index (χ4v) is 3.73. The molecule has 0 amide bonds. The highest BCUT2D eigenvalue weighted by atomic mass is 79.9. The largest absolute Gasteiger partial charge is 0.395 e. The lowest BCUT2D eigenvalue weighted by molar-refractivity contribution is 0.124. The van der Waals surface area contributed by atoms with Gasteiger partial charge < -0.3 is 10.0 Å². The quantitative estimate of drug-likeness (QED) is 0.888. The molecule has 22 heavy (non-hydrogen) atoms. The Kier molecular flexibility index (Phi) is 4.26. The summed E-state index contributed by atoms with van der Waals surface area (Å²) in [5.74, 6) is 0. The van der Waals surface area contributed by atoms with Crippen molar-refractivity contribution in [1.29, 1.82) is 0 Å². The molecule has 0 bridgehead atoms. The molecule has 2 aliphatic rings. The van der Waals surface area contributed by atoms with E-state index >= 15 is 0 Å². The molecule has 2 atom stereocenters. The molecule has 1 saturated heterocycles. The van der Waals surface area contributed by atoms with E-state index in [1.165, 1.54) is 22.4 Å². The number of anilines is 1. The van der Waals surface area contributed by atoms with E-state index in [0.29, 0.717) is 0 Å². The third kappa shape index (κ3) is 2.18. The molecule has 2 aromatic rings. The predicted molar refractivity (Wildman–Crippen MR) is 95.5 cm³/mol. The minimum absolute atomic E-state index is 0. The standard InChI is InChI=1S/C18H20N2O.BrH/c1-13(12-21)19-10-11-20-17-9-5-4-7-15(17)14-6-2-3-8-16(14)18(19)20;/h2-9,13,18,21H,10-12H2,1H3;1H. The van der Waals surface area contributed by atoms with Crippen LogP contribution < -0.4 is 4.90 Å². The van der Waals surface area contributed by atoms with Crippen LogP contribution in [0.25, 0.3) is 11.1 Å². The second-order valence-corrected chi connectivity index (χ2v) is 5.94. The summed E-state index contributed by atoms with van der Waals surface area (Å²) >= 11 is 0. The van der Waals surface area contributed by atoms with Gasteiger partial charge in [0, 0.05) is 30.4 Å². The van der Waals surface area contributed by atoms with Gasteiger partial charge >= 0.3 is 0 Å². The van der Waals surface area contributed by atoms with E-state index in [4.69, 9.17) is 0 Å². The zero-order valence-corrected chi connectivity index (χ0v) is 14.4. The second-order valence-electron chi connectivity index (χ2n) is 5.94. The normalized spacial score (nSPS) is 20.6. The molecule has 2 aliphatic heterocycles. The first kappa shape index (κ1) is 15.5. The van der Waals surface area contributed by atoms with Gasteiger partial charge in [0.2, 0.25) is 0 Å². The van der Waals surface area contributed by atoms with Crippen molar-refractivity contribution in [2.75, 3.05) is 24.6 Å². The van der Waals surface area contributed by atoms with Crippen molar-refractivity contribution in [3.63, 3.8) is 0 Å². The number of fused-ring (bicyclic) bond motifs is 6. The SMILES string of the molecule is Br.CC(CO)N1CCN2c3ccccc3-c3ccccc3C21. The monoisotopic (exact) mass is 360 g/mol. The number of aliphatic hydroxyl groups excluding tert-OH is 1. The van der Waals surface area contributed by atoms with Crippen molar-refractivity contribution in [2.45, 2.75) is 19.1 Å². The van der Waals surface area contributed by atoms with Crippen LogP contribution in [0, 0.1) is 0 Å². The number of hydrogen-bond donors (Lipinski definition) is 1. The molecule has 3 nitrogen and oxygen atoms in total. The Labute approximate surface area is 141 Å². The molecule has 4 rings (SSSR count). The third-order valence-electron chi connectivity index (χ3n) is 4.78. The first-order valence-electron chi connectivity index (χ1n) is 7.63. The molecular formula is C18H21BrN2O. The van der Waals surface area contributed by atoms with Crippen LogP contribution in [0.3, 0.4) is 0 Å². The Morgan fingerprint density at radius 2 is 1.73 bits per heavy atom. The highest BCUT2D eigenvalue weighted by Gasteiger charge is 2.40.